The Morgan fingerprint density at radius 2 is 1.78 bits per heavy atom. The molecule has 1 aliphatic heterocycles. The summed E-state index contributed by atoms with van der Waals surface area (Å²) >= 11 is 0.390. The molecule has 36 heavy (non-hydrogen) atoms. The Balaban J connectivity index is 1.69. The van der Waals surface area contributed by atoms with Crippen molar-refractivity contribution in [3.63, 3.8) is 0 Å². The summed E-state index contributed by atoms with van der Waals surface area (Å²) in [7, 11) is -2.43. The van der Waals surface area contributed by atoms with Crippen molar-refractivity contribution in [1.29, 1.82) is 0 Å². The van der Waals surface area contributed by atoms with Gasteiger partial charge < -0.3 is 0 Å². The third kappa shape index (κ3) is 4.96. The molecule has 2 bridgehead atoms. The van der Waals surface area contributed by atoms with Crippen LogP contribution in [-0.2, 0) is 23.1 Å². The van der Waals surface area contributed by atoms with E-state index >= 15 is 0 Å². The topological polar surface area (TPSA) is 54.0 Å². The van der Waals surface area contributed by atoms with E-state index in [0.29, 0.717) is 21.6 Å². The van der Waals surface area contributed by atoms with Gasteiger partial charge in [-0.25, -0.2) is 0 Å². The molecule has 2 aliphatic carbocycles. The molecule has 1 aromatic rings. The zero-order valence-corrected chi connectivity index (χ0v) is 27.4. The van der Waals surface area contributed by atoms with E-state index in [1.54, 1.807) is 0 Å². The normalized spacial score (nSPS) is 34.1. The van der Waals surface area contributed by atoms with Gasteiger partial charge in [-0.2, -0.15) is 0 Å². The average molecular weight is 598 g/mol. The number of ether oxygens (including phenoxy) is 2. The van der Waals surface area contributed by atoms with Gasteiger partial charge in [0.25, 0.3) is 0 Å². The Hall–Kier alpha value is -0.477. The molecule has 2 saturated carbocycles. The monoisotopic (exact) mass is 598 g/mol. The van der Waals surface area contributed by atoms with Gasteiger partial charge >= 0.3 is 227 Å². The van der Waals surface area contributed by atoms with E-state index < -0.39 is 22.0 Å². The Kier molecular flexibility index (Phi) is 7.87. The van der Waals surface area contributed by atoms with Crippen molar-refractivity contribution < 1.29 is 23.1 Å². The molecule has 5 nitrogen and oxygen atoms in total. The van der Waals surface area contributed by atoms with Crippen molar-refractivity contribution in [2.75, 3.05) is 13.7 Å². The van der Waals surface area contributed by atoms with Crippen LogP contribution in [0.4, 0.5) is 0 Å². The average Bonchev–Trinajstić information content (AvgIpc) is 2.79. The number of esters is 1. The van der Waals surface area contributed by atoms with Gasteiger partial charge in [0.05, 0.1) is 0 Å². The van der Waals surface area contributed by atoms with Crippen molar-refractivity contribution in [1.82, 2.24) is 0 Å². The SMILES string of the molecule is COC(=O)[C@]12CO[C@H]3C[C@H]1[C@@](CC[Se]c1ccccc1)(C[C@H]3O[Si](C)(C)C(C)(C)C)[C@@H]2O[Si](C)(C)C. The van der Waals surface area contributed by atoms with E-state index in [4.69, 9.17) is 18.3 Å². The molecule has 0 N–H and O–H groups in total. The van der Waals surface area contributed by atoms with Crippen LogP contribution < -0.4 is 4.46 Å². The summed E-state index contributed by atoms with van der Waals surface area (Å²) < 4.78 is 27.4. The zero-order chi connectivity index (χ0) is 26.6. The summed E-state index contributed by atoms with van der Waals surface area (Å²) in [5, 5.41) is 1.26. The van der Waals surface area contributed by atoms with Crippen LogP contribution in [0.25, 0.3) is 0 Å². The van der Waals surface area contributed by atoms with Crippen LogP contribution >= 0.6 is 0 Å². The van der Waals surface area contributed by atoms with Gasteiger partial charge in [-0.1, -0.05) is 0 Å². The molecule has 0 unspecified atom stereocenters. The van der Waals surface area contributed by atoms with Gasteiger partial charge in [0.15, 0.2) is 0 Å². The number of rotatable bonds is 9. The van der Waals surface area contributed by atoms with Crippen LogP contribution in [0.1, 0.15) is 40.0 Å². The van der Waals surface area contributed by atoms with Crippen molar-refractivity contribution in [2.24, 2.45) is 16.7 Å². The van der Waals surface area contributed by atoms with Gasteiger partial charge in [-0.3, -0.25) is 0 Å². The summed E-state index contributed by atoms with van der Waals surface area (Å²) in [4.78, 5) is 13.4. The Labute approximate surface area is 226 Å². The maximum absolute atomic E-state index is 13.4. The third-order valence-corrected chi connectivity index (χ3v) is 16.7. The minimum atomic E-state index is -1.99. The number of methoxy groups -OCH3 is 1. The zero-order valence-electron chi connectivity index (χ0n) is 23.7. The molecule has 3 aliphatic rings. The van der Waals surface area contributed by atoms with Gasteiger partial charge in [0, 0.05) is 0 Å². The molecular weight excluding hydrogens is 551 g/mol. The molecule has 0 aromatic heterocycles. The molecule has 0 spiro atoms. The number of hydrogen-bond donors (Lipinski definition) is 0. The second-order valence-corrected chi connectivity index (χ2v) is 25.2. The minimum absolute atomic E-state index is 0.0440. The van der Waals surface area contributed by atoms with E-state index in [0.717, 1.165) is 24.6 Å². The van der Waals surface area contributed by atoms with Crippen LogP contribution in [0.15, 0.2) is 30.3 Å². The fraction of sp³-hybridized carbons (Fsp3) is 0.750. The number of carbonyl (C=O) groups is 1. The first kappa shape index (κ1) is 28.5. The van der Waals surface area contributed by atoms with E-state index in [1.807, 2.05) is 0 Å². The summed E-state index contributed by atoms with van der Waals surface area (Å²) in [6, 6.07) is 10.8. The second kappa shape index (κ2) is 9.92. The fourth-order valence-corrected chi connectivity index (χ4v) is 11.2. The molecule has 1 heterocycles. The predicted octanol–water partition coefficient (Wildman–Crippen LogP) is 5.40. The van der Waals surface area contributed by atoms with E-state index in [-0.39, 0.29) is 40.7 Å². The fourth-order valence-electron chi connectivity index (χ4n) is 6.51. The first-order chi connectivity index (χ1) is 16.7. The molecule has 8 heteroatoms. The molecule has 202 valence electrons. The Bertz CT molecular complexity index is 943. The summed E-state index contributed by atoms with van der Waals surface area (Å²) in [6.45, 7) is 18.6. The molecule has 1 saturated heterocycles. The van der Waals surface area contributed by atoms with Crippen molar-refractivity contribution in [2.45, 2.75) is 101 Å². The van der Waals surface area contributed by atoms with E-state index in [1.165, 1.54) is 11.6 Å². The van der Waals surface area contributed by atoms with Crippen LogP contribution in [0, 0.1) is 16.7 Å². The van der Waals surface area contributed by atoms with Crippen LogP contribution in [-0.4, -0.2) is 69.6 Å². The number of carbonyl (C=O) groups excluding carboxylic acids is 1. The number of benzene rings is 1. The van der Waals surface area contributed by atoms with E-state index in [9.17, 15) is 4.79 Å². The number of fused-ring (bicyclic) bond motifs is 1. The van der Waals surface area contributed by atoms with Gasteiger partial charge in [0.2, 0.25) is 0 Å². The van der Waals surface area contributed by atoms with Gasteiger partial charge in [-0.15, -0.1) is 0 Å². The molecule has 6 atom stereocenters. The third-order valence-electron chi connectivity index (χ3n) is 9.17. The molecule has 1 aromatic carbocycles. The van der Waals surface area contributed by atoms with E-state index in [2.05, 4.69) is 83.8 Å². The predicted molar refractivity (Wildman–Crippen MR) is 151 cm³/mol. The Morgan fingerprint density at radius 3 is 2.36 bits per heavy atom. The van der Waals surface area contributed by atoms with Crippen LogP contribution in [0.3, 0.4) is 0 Å². The summed E-state index contributed by atoms with van der Waals surface area (Å²) in [5.74, 6) is 0.0746. The van der Waals surface area contributed by atoms with Crippen molar-refractivity contribution in [3.05, 3.63) is 30.3 Å². The first-order valence-electron chi connectivity index (χ1n) is 13.4. The quantitative estimate of drug-likeness (QED) is 0.282. The molecule has 0 amide bonds. The summed E-state index contributed by atoms with van der Waals surface area (Å²) in [6.07, 6.45) is 2.75. The van der Waals surface area contributed by atoms with Crippen LogP contribution in [0.5, 0.6) is 0 Å². The number of hydrogen-bond acceptors (Lipinski definition) is 5. The Morgan fingerprint density at radius 1 is 1.11 bits per heavy atom. The van der Waals surface area contributed by atoms with Crippen molar-refractivity contribution in [3.8, 4) is 0 Å². The molecule has 3 fully saturated rings. The van der Waals surface area contributed by atoms with Crippen molar-refractivity contribution >= 4 is 42.0 Å². The maximum atomic E-state index is 13.4. The first-order valence-corrected chi connectivity index (χ1v) is 21.8. The summed E-state index contributed by atoms with van der Waals surface area (Å²) in [5.41, 5.74) is -0.758. The van der Waals surface area contributed by atoms with Gasteiger partial charge in [-0.05, 0) is 0 Å². The second-order valence-electron chi connectivity index (χ2n) is 13.5. The molecule has 4 rings (SSSR count). The van der Waals surface area contributed by atoms with Crippen LogP contribution in [0.2, 0.25) is 43.1 Å². The standard InChI is InChI=1S/C28H46O5SeSi2/c1-26(2,3)36(8,9)32-22-18-27(15-16-34-20-13-11-10-12-14-20)23-17-21(22)31-19-28(23,25(29)30-4)24(27)33-35(5,6)7/h10-14,21-24H,15-19H2,1-9H3/t21-,22+,23-,24-,27+,28+/m0/s1. The van der Waals surface area contributed by atoms with Gasteiger partial charge in [0.1, 0.15) is 0 Å². The molecule has 0 radical (unpaired) electrons. The molecular formula is C28H46O5SeSi2.